The summed E-state index contributed by atoms with van der Waals surface area (Å²) in [4.78, 5) is 0. The number of halogens is 1. The maximum atomic E-state index is 9.04. The zero-order valence-electron chi connectivity index (χ0n) is 5.94. The Bertz CT molecular complexity index is 56.9. The average molecular weight is 195 g/mol. The summed E-state index contributed by atoms with van der Waals surface area (Å²) in [5, 5.41) is 9.76. The first-order valence-electron chi connectivity index (χ1n) is 3.55. The van der Waals surface area contributed by atoms with Crippen LogP contribution in [0, 0.1) is 0 Å². The first kappa shape index (κ1) is 9.44. The van der Waals surface area contributed by atoms with Gasteiger partial charge < -0.3 is 5.11 Å². The number of unbranched alkanes of at least 4 members (excludes halogenated alkanes) is 2. The fraction of sp³-hybridized carbons (Fsp3) is 1.00. The van der Waals surface area contributed by atoms with Crippen LogP contribution in [-0.4, -0.2) is 16.5 Å². The summed E-state index contributed by atoms with van der Waals surface area (Å²) in [5.41, 5.74) is 0. The number of rotatable bonds is 5. The number of hydrogen-bond donors (Lipinski definition) is 1. The molecule has 0 saturated heterocycles. The quantitative estimate of drug-likeness (QED) is 0.527. The number of alkyl halides is 1. The van der Waals surface area contributed by atoms with Gasteiger partial charge in [-0.1, -0.05) is 42.1 Å². The van der Waals surface area contributed by atoms with E-state index in [4.69, 9.17) is 5.11 Å². The van der Waals surface area contributed by atoms with E-state index in [9.17, 15) is 0 Å². The Hall–Kier alpha value is 0.440. The molecular weight excluding hydrogens is 180 g/mol. The third-order valence-corrected chi connectivity index (χ3v) is 2.07. The molecule has 0 heterocycles. The van der Waals surface area contributed by atoms with Crippen LogP contribution < -0.4 is 0 Å². The molecule has 0 rings (SSSR count). The Labute approximate surface area is 65.6 Å². The van der Waals surface area contributed by atoms with Crippen molar-refractivity contribution < 1.29 is 5.11 Å². The van der Waals surface area contributed by atoms with Crippen LogP contribution in [-0.2, 0) is 0 Å². The van der Waals surface area contributed by atoms with Crippen molar-refractivity contribution in [2.45, 2.75) is 38.7 Å². The summed E-state index contributed by atoms with van der Waals surface area (Å²) < 4.78 is 0. The summed E-state index contributed by atoms with van der Waals surface area (Å²) in [6, 6.07) is 0. The molecule has 0 aromatic carbocycles. The van der Waals surface area contributed by atoms with E-state index in [0.717, 1.165) is 18.2 Å². The van der Waals surface area contributed by atoms with Crippen molar-refractivity contribution in [1.82, 2.24) is 0 Å². The second-order valence-corrected chi connectivity index (χ2v) is 2.95. The molecule has 0 fully saturated rings. The lowest BCUT2D eigenvalue weighted by Crippen LogP contribution is -2.06. The Morgan fingerprint density at radius 1 is 1.44 bits per heavy atom. The maximum absolute atomic E-state index is 9.04. The lowest BCUT2D eigenvalue weighted by atomic mass is 10.1. The van der Waals surface area contributed by atoms with Crippen molar-refractivity contribution in [3.63, 3.8) is 0 Å². The van der Waals surface area contributed by atoms with Gasteiger partial charge in [0.05, 0.1) is 6.10 Å². The van der Waals surface area contributed by atoms with Gasteiger partial charge in [-0.15, -0.1) is 0 Å². The highest BCUT2D eigenvalue weighted by atomic mass is 79.9. The molecule has 0 radical (unpaired) electrons. The first-order valence-corrected chi connectivity index (χ1v) is 4.67. The van der Waals surface area contributed by atoms with E-state index < -0.39 is 0 Å². The highest BCUT2D eigenvalue weighted by molar-refractivity contribution is 9.09. The Kier molecular flexibility index (Phi) is 6.88. The minimum atomic E-state index is -0.128. The van der Waals surface area contributed by atoms with Crippen LogP contribution in [0.5, 0.6) is 0 Å². The van der Waals surface area contributed by atoms with Gasteiger partial charge in [0.1, 0.15) is 0 Å². The van der Waals surface area contributed by atoms with Gasteiger partial charge in [0, 0.05) is 5.33 Å². The number of aliphatic hydroxyl groups is 1. The summed E-state index contributed by atoms with van der Waals surface area (Å²) in [5.74, 6) is 0. The first-order chi connectivity index (χ1) is 4.31. The molecule has 1 nitrogen and oxygen atoms in total. The molecule has 1 atom stereocenters. The molecule has 0 aromatic heterocycles. The Balaban J connectivity index is 2.88. The van der Waals surface area contributed by atoms with E-state index in [1.54, 1.807) is 0 Å². The zero-order chi connectivity index (χ0) is 7.11. The highest BCUT2D eigenvalue weighted by Gasteiger charge is 1.98. The van der Waals surface area contributed by atoms with Crippen molar-refractivity contribution in [3.05, 3.63) is 0 Å². The van der Waals surface area contributed by atoms with E-state index >= 15 is 0 Å². The molecule has 0 aliphatic rings. The van der Waals surface area contributed by atoms with Gasteiger partial charge >= 0.3 is 0 Å². The van der Waals surface area contributed by atoms with Crippen molar-refractivity contribution >= 4 is 15.9 Å². The zero-order valence-corrected chi connectivity index (χ0v) is 7.52. The van der Waals surface area contributed by atoms with E-state index in [-0.39, 0.29) is 6.10 Å². The van der Waals surface area contributed by atoms with Crippen LogP contribution in [0.2, 0.25) is 0 Å². The molecule has 0 spiro atoms. The monoisotopic (exact) mass is 194 g/mol. The van der Waals surface area contributed by atoms with Gasteiger partial charge in [-0.25, -0.2) is 0 Å². The third-order valence-electron chi connectivity index (χ3n) is 1.32. The van der Waals surface area contributed by atoms with Gasteiger partial charge in [-0.05, 0) is 6.42 Å². The van der Waals surface area contributed by atoms with Crippen molar-refractivity contribution in [2.24, 2.45) is 0 Å². The van der Waals surface area contributed by atoms with Crippen LogP contribution in [0.15, 0.2) is 0 Å². The van der Waals surface area contributed by atoms with Crippen LogP contribution >= 0.6 is 15.9 Å². The molecule has 0 bridgehead atoms. The summed E-state index contributed by atoms with van der Waals surface area (Å²) in [6.45, 7) is 2.17. The molecule has 0 saturated carbocycles. The van der Waals surface area contributed by atoms with Crippen LogP contribution in [0.3, 0.4) is 0 Å². The van der Waals surface area contributed by atoms with Gasteiger partial charge in [-0.3, -0.25) is 0 Å². The summed E-state index contributed by atoms with van der Waals surface area (Å²) in [6.07, 6.45) is 4.44. The van der Waals surface area contributed by atoms with Gasteiger partial charge in [0.15, 0.2) is 0 Å². The largest absolute Gasteiger partial charge is 0.392 e. The fourth-order valence-corrected chi connectivity index (χ4v) is 1.03. The maximum Gasteiger partial charge on any atom is 0.0637 e. The Morgan fingerprint density at radius 3 is 2.56 bits per heavy atom. The lowest BCUT2D eigenvalue weighted by molar-refractivity contribution is 0.186. The van der Waals surface area contributed by atoms with Crippen molar-refractivity contribution in [2.75, 3.05) is 5.33 Å². The van der Waals surface area contributed by atoms with Crippen LogP contribution in [0.4, 0.5) is 0 Å². The third kappa shape index (κ3) is 6.32. The van der Waals surface area contributed by atoms with E-state index in [1.165, 1.54) is 12.8 Å². The molecule has 9 heavy (non-hydrogen) atoms. The highest BCUT2D eigenvalue weighted by Crippen LogP contribution is 2.04. The normalized spacial score (nSPS) is 13.7. The molecule has 0 aliphatic carbocycles. The molecule has 0 unspecified atom stereocenters. The second kappa shape index (κ2) is 6.56. The number of hydrogen-bond acceptors (Lipinski definition) is 1. The van der Waals surface area contributed by atoms with Gasteiger partial charge in [0.25, 0.3) is 0 Å². The SMILES string of the molecule is CCCCC[C@@H](O)CBr. The standard InChI is InChI=1S/C7H15BrO/c1-2-3-4-5-7(9)6-8/h7,9H,2-6H2,1H3/t7-/m1/s1. The van der Waals surface area contributed by atoms with Crippen LogP contribution in [0.25, 0.3) is 0 Å². The minimum absolute atomic E-state index is 0.128. The Morgan fingerprint density at radius 2 is 2.11 bits per heavy atom. The molecule has 0 amide bonds. The topological polar surface area (TPSA) is 20.2 Å². The number of aliphatic hydroxyl groups excluding tert-OH is 1. The smallest absolute Gasteiger partial charge is 0.0637 e. The molecule has 2 heteroatoms. The van der Waals surface area contributed by atoms with Crippen LogP contribution in [0.1, 0.15) is 32.6 Å². The van der Waals surface area contributed by atoms with Gasteiger partial charge in [0.2, 0.25) is 0 Å². The summed E-state index contributed by atoms with van der Waals surface area (Å²) in [7, 11) is 0. The molecule has 0 aliphatic heterocycles. The van der Waals surface area contributed by atoms with E-state index in [1.807, 2.05) is 0 Å². The average Bonchev–Trinajstić information content (AvgIpc) is 1.89. The lowest BCUT2D eigenvalue weighted by Gasteiger charge is -2.03. The summed E-state index contributed by atoms with van der Waals surface area (Å²) >= 11 is 3.22. The predicted octanol–water partition coefficient (Wildman–Crippen LogP) is 2.32. The predicted molar refractivity (Wildman–Crippen MR) is 43.9 cm³/mol. The van der Waals surface area contributed by atoms with Crippen molar-refractivity contribution in [1.29, 1.82) is 0 Å². The molecule has 1 N–H and O–H groups in total. The van der Waals surface area contributed by atoms with E-state index in [0.29, 0.717) is 0 Å². The second-order valence-electron chi connectivity index (χ2n) is 2.30. The van der Waals surface area contributed by atoms with Crippen molar-refractivity contribution in [3.8, 4) is 0 Å². The minimum Gasteiger partial charge on any atom is -0.392 e. The molecule has 56 valence electrons. The molecular formula is C7H15BrO. The fourth-order valence-electron chi connectivity index (χ4n) is 0.707. The van der Waals surface area contributed by atoms with Gasteiger partial charge in [-0.2, -0.15) is 0 Å². The van der Waals surface area contributed by atoms with E-state index in [2.05, 4.69) is 22.9 Å². The molecule has 0 aromatic rings.